The van der Waals surface area contributed by atoms with Crippen molar-refractivity contribution in [3.05, 3.63) is 58.1 Å². The topological polar surface area (TPSA) is 101 Å². The van der Waals surface area contributed by atoms with E-state index in [1.807, 2.05) is 26.8 Å². The third kappa shape index (κ3) is 5.07. The summed E-state index contributed by atoms with van der Waals surface area (Å²) in [6.45, 7) is 14.6. The fourth-order valence-corrected chi connectivity index (χ4v) is 7.34. The highest BCUT2D eigenvalue weighted by atomic mass is 32.2. The summed E-state index contributed by atoms with van der Waals surface area (Å²) in [6, 6.07) is 6.70. The number of amides is 2. The van der Waals surface area contributed by atoms with Gasteiger partial charge in [0.1, 0.15) is 6.04 Å². The van der Waals surface area contributed by atoms with E-state index in [1.54, 1.807) is 34.6 Å². The first-order chi connectivity index (χ1) is 17.2. The van der Waals surface area contributed by atoms with Gasteiger partial charge in [0.15, 0.2) is 0 Å². The van der Waals surface area contributed by atoms with Crippen molar-refractivity contribution >= 4 is 33.5 Å². The van der Waals surface area contributed by atoms with E-state index in [-0.39, 0.29) is 23.6 Å². The molecule has 1 atom stereocenters. The zero-order valence-electron chi connectivity index (χ0n) is 22.8. The number of carbonyl (C=O) groups excluding carboxylic acids is 3. The fraction of sp³-hybridized carbons (Fsp3) is 0.464. The van der Waals surface area contributed by atoms with Gasteiger partial charge in [-0.3, -0.25) is 9.59 Å². The summed E-state index contributed by atoms with van der Waals surface area (Å²) in [5, 5.41) is 0. The van der Waals surface area contributed by atoms with E-state index < -0.39 is 39.4 Å². The standard InChI is InChI=1S/C28H36N2O6S/c1-9-28(7,8)30(37(34,35)25-19(5)17(3)15-18(4)20(25)6)23-16-24(31)29(26(23)32)22-13-11-21(12-14-22)27(33)36-10-2/h11-15,23H,9-10,16H2,1-8H3. The lowest BCUT2D eigenvalue weighted by Gasteiger charge is -2.40. The summed E-state index contributed by atoms with van der Waals surface area (Å²) in [7, 11) is -4.17. The van der Waals surface area contributed by atoms with Crippen LogP contribution in [0.15, 0.2) is 35.2 Å². The van der Waals surface area contributed by atoms with Gasteiger partial charge in [-0.05, 0) is 101 Å². The number of rotatable bonds is 8. The number of esters is 1. The predicted octanol–water partition coefficient (Wildman–Crippen LogP) is 4.61. The Labute approximate surface area is 219 Å². The SMILES string of the molecule is CCOC(=O)c1ccc(N2C(=O)CC(N(C(C)(C)CC)S(=O)(=O)c3c(C)c(C)cc(C)c3C)C2=O)cc1. The predicted molar refractivity (Wildman–Crippen MR) is 142 cm³/mol. The summed E-state index contributed by atoms with van der Waals surface area (Å²) in [5.74, 6) is -1.62. The quantitative estimate of drug-likeness (QED) is 0.366. The minimum atomic E-state index is -4.17. The van der Waals surface area contributed by atoms with Gasteiger partial charge in [-0.25, -0.2) is 18.1 Å². The zero-order valence-corrected chi connectivity index (χ0v) is 23.7. The van der Waals surface area contributed by atoms with Crippen LogP contribution in [0, 0.1) is 27.7 Å². The molecule has 0 N–H and O–H groups in total. The van der Waals surface area contributed by atoms with Gasteiger partial charge >= 0.3 is 5.97 Å². The molecule has 200 valence electrons. The summed E-state index contributed by atoms with van der Waals surface area (Å²) in [5.41, 5.74) is 2.56. The Kier molecular flexibility index (Phi) is 8.00. The molecule has 37 heavy (non-hydrogen) atoms. The van der Waals surface area contributed by atoms with Crippen molar-refractivity contribution in [3.63, 3.8) is 0 Å². The third-order valence-electron chi connectivity index (χ3n) is 7.32. The molecule has 1 unspecified atom stereocenters. The van der Waals surface area contributed by atoms with Gasteiger partial charge in [0, 0.05) is 5.54 Å². The summed E-state index contributed by atoms with van der Waals surface area (Å²) < 4.78 is 34.9. The Morgan fingerprint density at radius 3 is 2.05 bits per heavy atom. The average molecular weight is 529 g/mol. The molecule has 1 aliphatic heterocycles. The summed E-state index contributed by atoms with van der Waals surface area (Å²) in [4.78, 5) is 40.1. The van der Waals surface area contributed by atoms with E-state index in [1.165, 1.54) is 28.6 Å². The van der Waals surface area contributed by atoms with E-state index in [0.717, 1.165) is 16.0 Å². The maximum Gasteiger partial charge on any atom is 0.338 e. The Bertz CT molecular complexity index is 1320. The smallest absolute Gasteiger partial charge is 0.338 e. The number of imide groups is 1. The molecule has 1 saturated heterocycles. The molecule has 1 heterocycles. The van der Waals surface area contributed by atoms with Crippen molar-refractivity contribution in [2.24, 2.45) is 0 Å². The Balaban J connectivity index is 2.10. The van der Waals surface area contributed by atoms with E-state index in [2.05, 4.69) is 0 Å². The van der Waals surface area contributed by atoms with Crippen LogP contribution in [-0.4, -0.2) is 48.7 Å². The van der Waals surface area contributed by atoms with Gasteiger partial charge in [0.2, 0.25) is 15.9 Å². The van der Waals surface area contributed by atoms with Crippen LogP contribution >= 0.6 is 0 Å². The van der Waals surface area contributed by atoms with Crippen LogP contribution in [0.3, 0.4) is 0 Å². The molecule has 3 rings (SSSR count). The largest absolute Gasteiger partial charge is 0.462 e. The molecule has 0 aromatic heterocycles. The highest BCUT2D eigenvalue weighted by Gasteiger charge is 2.52. The van der Waals surface area contributed by atoms with Crippen LogP contribution in [-0.2, 0) is 24.3 Å². The normalized spacial score (nSPS) is 16.6. The van der Waals surface area contributed by atoms with Crippen molar-refractivity contribution in [1.82, 2.24) is 4.31 Å². The van der Waals surface area contributed by atoms with Crippen LogP contribution in [0.2, 0.25) is 0 Å². The lowest BCUT2D eigenvalue weighted by molar-refractivity contribution is -0.122. The average Bonchev–Trinajstić information content (AvgIpc) is 3.10. The zero-order chi connectivity index (χ0) is 27.9. The van der Waals surface area contributed by atoms with Crippen molar-refractivity contribution < 1.29 is 27.5 Å². The number of aryl methyl sites for hydroxylation is 2. The molecule has 0 bridgehead atoms. The first kappa shape index (κ1) is 28.5. The number of sulfonamides is 1. The molecule has 0 saturated carbocycles. The van der Waals surface area contributed by atoms with E-state index in [0.29, 0.717) is 23.1 Å². The molecule has 0 radical (unpaired) electrons. The van der Waals surface area contributed by atoms with Crippen LogP contribution in [0.4, 0.5) is 5.69 Å². The molecular formula is C28H36N2O6S. The van der Waals surface area contributed by atoms with E-state index in [4.69, 9.17) is 4.74 Å². The molecular weight excluding hydrogens is 492 g/mol. The van der Waals surface area contributed by atoms with E-state index >= 15 is 0 Å². The van der Waals surface area contributed by atoms with Gasteiger partial charge in [-0.2, -0.15) is 4.31 Å². The monoisotopic (exact) mass is 528 g/mol. The maximum absolute atomic E-state index is 14.3. The molecule has 1 aliphatic rings. The molecule has 9 heteroatoms. The number of carbonyl (C=O) groups is 3. The highest BCUT2D eigenvalue weighted by molar-refractivity contribution is 7.89. The number of benzene rings is 2. The molecule has 8 nitrogen and oxygen atoms in total. The highest BCUT2D eigenvalue weighted by Crippen LogP contribution is 2.38. The van der Waals surface area contributed by atoms with Crippen molar-refractivity contribution in [2.45, 2.75) is 84.7 Å². The summed E-state index contributed by atoms with van der Waals surface area (Å²) >= 11 is 0. The van der Waals surface area contributed by atoms with Crippen molar-refractivity contribution in [1.29, 1.82) is 0 Å². The number of nitrogens with zero attached hydrogens (tertiary/aromatic N) is 2. The lowest BCUT2D eigenvalue weighted by atomic mass is 10.00. The third-order valence-corrected chi connectivity index (χ3v) is 9.71. The molecule has 1 fully saturated rings. The minimum Gasteiger partial charge on any atom is -0.462 e. The number of anilines is 1. The van der Waals surface area contributed by atoms with Crippen molar-refractivity contribution in [2.75, 3.05) is 11.5 Å². The molecule has 0 spiro atoms. The molecule has 2 aromatic carbocycles. The maximum atomic E-state index is 14.3. The van der Waals surface area contributed by atoms with Crippen LogP contribution < -0.4 is 4.90 Å². The minimum absolute atomic E-state index is 0.184. The van der Waals surface area contributed by atoms with Crippen LogP contribution in [0.1, 0.15) is 73.1 Å². The second kappa shape index (κ2) is 10.4. The van der Waals surface area contributed by atoms with E-state index in [9.17, 15) is 22.8 Å². The van der Waals surface area contributed by atoms with Crippen LogP contribution in [0.25, 0.3) is 0 Å². The second-order valence-electron chi connectivity index (χ2n) is 10.1. The fourth-order valence-electron chi connectivity index (χ4n) is 4.77. The van der Waals surface area contributed by atoms with Gasteiger partial charge in [0.25, 0.3) is 5.91 Å². The first-order valence-corrected chi connectivity index (χ1v) is 13.9. The molecule has 0 aliphatic carbocycles. The second-order valence-corrected chi connectivity index (χ2v) is 11.9. The number of hydrogen-bond acceptors (Lipinski definition) is 6. The number of hydrogen-bond donors (Lipinski definition) is 0. The Morgan fingerprint density at radius 1 is 1.03 bits per heavy atom. The Hall–Kier alpha value is -3.04. The van der Waals surface area contributed by atoms with Gasteiger partial charge in [-0.15, -0.1) is 0 Å². The number of ether oxygens (including phenoxy) is 1. The van der Waals surface area contributed by atoms with Gasteiger partial charge in [0.05, 0.1) is 29.2 Å². The van der Waals surface area contributed by atoms with Gasteiger partial charge < -0.3 is 4.74 Å². The molecule has 2 amide bonds. The van der Waals surface area contributed by atoms with Crippen LogP contribution in [0.5, 0.6) is 0 Å². The van der Waals surface area contributed by atoms with Crippen molar-refractivity contribution in [3.8, 4) is 0 Å². The summed E-state index contributed by atoms with van der Waals surface area (Å²) in [6.07, 6.45) is 0.158. The lowest BCUT2D eigenvalue weighted by Crippen LogP contribution is -2.55. The molecule has 2 aromatic rings. The first-order valence-electron chi connectivity index (χ1n) is 12.4. The Morgan fingerprint density at radius 2 is 1.57 bits per heavy atom. The van der Waals surface area contributed by atoms with Gasteiger partial charge in [-0.1, -0.05) is 13.0 Å².